The van der Waals surface area contributed by atoms with Crippen LogP contribution >= 0.6 is 0 Å². The molecule has 0 bridgehead atoms. The summed E-state index contributed by atoms with van der Waals surface area (Å²) in [5, 5.41) is 7.58. The maximum Gasteiger partial charge on any atom is 0.391 e. The molecule has 0 radical (unpaired) electrons. The zero-order valence-electron chi connectivity index (χ0n) is 14.4. The Balaban J connectivity index is 1.49. The van der Waals surface area contributed by atoms with Gasteiger partial charge in [0.15, 0.2) is 5.82 Å². The molecule has 0 aromatic carbocycles. The number of carbonyl (C=O) groups excluding carboxylic acids is 1. The minimum Gasteiger partial charge on any atom is -0.306 e. The Morgan fingerprint density at radius 2 is 1.96 bits per heavy atom. The molecule has 1 aliphatic heterocycles. The molecule has 2 aliphatic rings. The SMILES string of the molecule is Cn1ccc(N2CCCC(NCC3CCC(C(F)(F)F)CC3)C2=O)n1. The van der Waals surface area contributed by atoms with Gasteiger partial charge in [-0.15, -0.1) is 0 Å². The first kappa shape index (κ1) is 18.2. The lowest BCUT2D eigenvalue weighted by Gasteiger charge is -2.34. The van der Waals surface area contributed by atoms with Crippen molar-refractivity contribution >= 4 is 11.7 Å². The highest BCUT2D eigenvalue weighted by atomic mass is 19.4. The van der Waals surface area contributed by atoms with E-state index in [0.29, 0.717) is 31.7 Å². The minimum atomic E-state index is -4.07. The van der Waals surface area contributed by atoms with Crippen LogP contribution in [0.5, 0.6) is 0 Å². The molecule has 140 valence electrons. The van der Waals surface area contributed by atoms with E-state index in [-0.39, 0.29) is 30.7 Å². The summed E-state index contributed by atoms with van der Waals surface area (Å²) >= 11 is 0. The van der Waals surface area contributed by atoms with Gasteiger partial charge in [0, 0.05) is 25.9 Å². The van der Waals surface area contributed by atoms with Crippen LogP contribution in [0, 0.1) is 11.8 Å². The quantitative estimate of drug-likeness (QED) is 0.900. The van der Waals surface area contributed by atoms with Crippen LogP contribution in [0.3, 0.4) is 0 Å². The minimum absolute atomic E-state index is 0.00827. The Morgan fingerprint density at radius 1 is 1.24 bits per heavy atom. The maximum absolute atomic E-state index is 12.7. The molecule has 1 atom stereocenters. The molecule has 1 amide bonds. The lowest BCUT2D eigenvalue weighted by atomic mass is 9.81. The van der Waals surface area contributed by atoms with Gasteiger partial charge in [-0.05, 0) is 51.0 Å². The summed E-state index contributed by atoms with van der Waals surface area (Å²) < 4.78 is 39.9. The van der Waals surface area contributed by atoms with Gasteiger partial charge in [-0.25, -0.2) is 0 Å². The van der Waals surface area contributed by atoms with Crippen molar-refractivity contribution in [2.24, 2.45) is 18.9 Å². The van der Waals surface area contributed by atoms with Crippen molar-refractivity contribution in [2.75, 3.05) is 18.0 Å². The van der Waals surface area contributed by atoms with Crippen LogP contribution in [-0.2, 0) is 11.8 Å². The van der Waals surface area contributed by atoms with Crippen LogP contribution in [0.1, 0.15) is 38.5 Å². The molecule has 2 fully saturated rings. The molecule has 0 spiro atoms. The molecule has 1 saturated heterocycles. The van der Waals surface area contributed by atoms with Gasteiger partial charge >= 0.3 is 6.18 Å². The molecule has 1 unspecified atom stereocenters. The van der Waals surface area contributed by atoms with E-state index in [0.717, 1.165) is 12.8 Å². The van der Waals surface area contributed by atoms with E-state index in [1.54, 1.807) is 15.8 Å². The second-order valence-electron chi connectivity index (χ2n) is 7.20. The monoisotopic (exact) mass is 358 g/mol. The van der Waals surface area contributed by atoms with Crippen molar-refractivity contribution < 1.29 is 18.0 Å². The Hall–Kier alpha value is -1.57. The molecule has 3 rings (SSSR count). The molecule has 8 heteroatoms. The fraction of sp³-hybridized carbons (Fsp3) is 0.765. The van der Waals surface area contributed by atoms with Crippen LogP contribution in [0.2, 0.25) is 0 Å². The third kappa shape index (κ3) is 4.34. The summed E-state index contributed by atoms with van der Waals surface area (Å²) in [6.45, 7) is 1.27. The van der Waals surface area contributed by atoms with E-state index in [1.165, 1.54) is 0 Å². The molecular formula is C17H25F3N4O. The summed E-state index contributed by atoms with van der Waals surface area (Å²) in [4.78, 5) is 14.4. The van der Waals surface area contributed by atoms with Crippen LogP contribution in [0.15, 0.2) is 12.3 Å². The molecule has 5 nitrogen and oxygen atoms in total. The Labute approximate surface area is 145 Å². The number of halogens is 3. The van der Waals surface area contributed by atoms with E-state index < -0.39 is 12.1 Å². The number of rotatable bonds is 4. The summed E-state index contributed by atoms with van der Waals surface area (Å²) in [6, 6.07) is 1.55. The fourth-order valence-electron chi connectivity index (χ4n) is 3.84. The number of hydrogen-bond donors (Lipinski definition) is 1. The average molecular weight is 358 g/mol. The standard InChI is InChI=1S/C17H25F3N4O/c1-23-10-8-15(22-23)24-9-2-3-14(16(24)25)21-11-12-4-6-13(7-5-12)17(18,19)20/h8,10,12-14,21H,2-7,9,11H2,1H3. The van der Waals surface area contributed by atoms with Crippen molar-refractivity contribution in [1.82, 2.24) is 15.1 Å². The largest absolute Gasteiger partial charge is 0.391 e. The number of amides is 1. The van der Waals surface area contributed by atoms with Gasteiger partial charge in [0.25, 0.3) is 0 Å². The van der Waals surface area contributed by atoms with Crippen molar-refractivity contribution in [3.63, 3.8) is 0 Å². The maximum atomic E-state index is 12.7. The topological polar surface area (TPSA) is 50.2 Å². The first-order chi connectivity index (χ1) is 11.8. The number of anilines is 1. The molecular weight excluding hydrogens is 333 g/mol. The number of aromatic nitrogens is 2. The molecule has 1 saturated carbocycles. The first-order valence-electron chi connectivity index (χ1n) is 8.95. The highest BCUT2D eigenvalue weighted by molar-refractivity contribution is 5.97. The number of alkyl halides is 3. The van der Waals surface area contributed by atoms with Crippen LogP contribution in [0.4, 0.5) is 19.0 Å². The van der Waals surface area contributed by atoms with Gasteiger partial charge < -0.3 is 5.32 Å². The van der Waals surface area contributed by atoms with E-state index >= 15 is 0 Å². The van der Waals surface area contributed by atoms with Crippen LogP contribution in [0.25, 0.3) is 0 Å². The summed E-state index contributed by atoms with van der Waals surface area (Å²) in [5.74, 6) is -0.269. The normalized spacial score (nSPS) is 28.4. The molecule has 2 heterocycles. The van der Waals surface area contributed by atoms with Gasteiger partial charge in [-0.3, -0.25) is 14.4 Å². The number of carbonyl (C=O) groups is 1. The van der Waals surface area contributed by atoms with Crippen molar-refractivity contribution in [3.05, 3.63) is 12.3 Å². The van der Waals surface area contributed by atoms with Crippen molar-refractivity contribution in [1.29, 1.82) is 0 Å². The molecule has 1 N–H and O–H groups in total. The lowest BCUT2D eigenvalue weighted by molar-refractivity contribution is -0.183. The van der Waals surface area contributed by atoms with Crippen molar-refractivity contribution in [2.45, 2.75) is 50.7 Å². The zero-order valence-corrected chi connectivity index (χ0v) is 14.4. The summed E-state index contributed by atoms with van der Waals surface area (Å²) in [6.07, 6.45) is 0.938. The van der Waals surface area contributed by atoms with E-state index in [1.807, 2.05) is 13.1 Å². The van der Waals surface area contributed by atoms with Crippen molar-refractivity contribution in [3.8, 4) is 0 Å². The van der Waals surface area contributed by atoms with Gasteiger partial charge in [0.1, 0.15) is 0 Å². The van der Waals surface area contributed by atoms with E-state index in [2.05, 4.69) is 10.4 Å². The number of piperidine rings is 1. The highest BCUT2D eigenvalue weighted by Crippen LogP contribution is 2.39. The molecule has 1 aromatic rings. The number of hydrogen-bond acceptors (Lipinski definition) is 3. The van der Waals surface area contributed by atoms with Gasteiger partial charge in [0.05, 0.1) is 12.0 Å². The van der Waals surface area contributed by atoms with E-state index in [4.69, 9.17) is 0 Å². The van der Waals surface area contributed by atoms with E-state index in [9.17, 15) is 18.0 Å². The highest BCUT2D eigenvalue weighted by Gasteiger charge is 2.41. The second-order valence-corrected chi connectivity index (χ2v) is 7.20. The first-order valence-corrected chi connectivity index (χ1v) is 8.95. The number of nitrogens with one attached hydrogen (secondary N) is 1. The zero-order chi connectivity index (χ0) is 18.0. The summed E-state index contributed by atoms with van der Waals surface area (Å²) in [5.41, 5.74) is 0. The Morgan fingerprint density at radius 3 is 2.56 bits per heavy atom. The predicted molar refractivity (Wildman–Crippen MR) is 88.1 cm³/mol. The number of nitrogens with zero attached hydrogens (tertiary/aromatic N) is 3. The molecule has 25 heavy (non-hydrogen) atoms. The van der Waals surface area contributed by atoms with Gasteiger partial charge in [0.2, 0.25) is 5.91 Å². The average Bonchev–Trinajstić information content (AvgIpc) is 3.00. The molecule has 1 aliphatic carbocycles. The third-order valence-corrected chi connectivity index (χ3v) is 5.38. The van der Waals surface area contributed by atoms with Crippen LogP contribution < -0.4 is 10.2 Å². The fourth-order valence-corrected chi connectivity index (χ4v) is 3.84. The molecule has 1 aromatic heterocycles. The lowest BCUT2D eigenvalue weighted by Crippen LogP contribution is -2.52. The Bertz CT molecular complexity index is 593. The van der Waals surface area contributed by atoms with Gasteiger partial charge in [-0.2, -0.15) is 18.3 Å². The van der Waals surface area contributed by atoms with Gasteiger partial charge in [-0.1, -0.05) is 0 Å². The smallest absolute Gasteiger partial charge is 0.306 e. The second kappa shape index (κ2) is 7.35. The summed E-state index contributed by atoms with van der Waals surface area (Å²) in [7, 11) is 1.81. The third-order valence-electron chi connectivity index (χ3n) is 5.38. The predicted octanol–water partition coefficient (Wildman–Crippen LogP) is 2.87. The Kier molecular flexibility index (Phi) is 5.36. The number of aryl methyl sites for hydroxylation is 1. The van der Waals surface area contributed by atoms with Crippen LogP contribution in [-0.4, -0.2) is 41.0 Å².